The van der Waals surface area contributed by atoms with Gasteiger partial charge >= 0.3 is 12.1 Å². The SMILES string of the molecule is COC(=O)[C@@H]1CSSC[C@H](NC(=O)OCC2c3ccccc3-c3ccccc32)C(=O)NCC(=O)N(Cc2ccccc2)C(CC(C)C)C(=O)N1. The third kappa shape index (κ3) is 9.19. The standard InChI is InChI=1S/C37H42N4O7S2/c1-23(2)17-32-35(44)39-31(36(45)47-3)22-50-49-21-30(34(43)38-18-33(42)41(32)19-24-11-5-4-6-12-24)40-37(46)48-20-29-27-15-9-7-13-25(27)26-14-8-10-16-28(26)29/h4-16,23,29-32H,17-22H2,1-3H3,(H,38,43)(H,39,44)(H,40,46)/t30-,31-,32?/m0/s1. The van der Waals surface area contributed by atoms with Crippen LogP contribution < -0.4 is 16.0 Å². The number of hydrogen-bond acceptors (Lipinski definition) is 9. The third-order valence-corrected chi connectivity index (χ3v) is 11.0. The van der Waals surface area contributed by atoms with Crippen LogP contribution in [0.5, 0.6) is 0 Å². The number of rotatable bonds is 8. The predicted molar refractivity (Wildman–Crippen MR) is 194 cm³/mol. The van der Waals surface area contributed by atoms with Crippen molar-refractivity contribution in [3.8, 4) is 11.1 Å². The van der Waals surface area contributed by atoms with E-state index in [4.69, 9.17) is 9.47 Å². The number of carbonyl (C=O) groups excluding carboxylic acids is 5. The van der Waals surface area contributed by atoms with Crippen LogP contribution in [0.1, 0.15) is 42.9 Å². The van der Waals surface area contributed by atoms with Crippen LogP contribution in [-0.2, 0) is 35.2 Å². The maximum Gasteiger partial charge on any atom is 0.407 e. The number of nitrogens with one attached hydrogen (secondary N) is 3. The molecule has 11 nitrogen and oxygen atoms in total. The van der Waals surface area contributed by atoms with Crippen LogP contribution in [0.3, 0.4) is 0 Å². The number of carbonyl (C=O) groups is 5. The second-order valence-corrected chi connectivity index (χ2v) is 15.1. The van der Waals surface area contributed by atoms with Gasteiger partial charge in [0.1, 0.15) is 24.7 Å². The topological polar surface area (TPSA) is 143 Å². The number of amides is 4. The number of ether oxygens (including phenoxy) is 2. The normalized spacial score (nSPS) is 20.2. The summed E-state index contributed by atoms with van der Waals surface area (Å²) < 4.78 is 10.7. The van der Waals surface area contributed by atoms with Gasteiger partial charge in [0, 0.05) is 24.0 Å². The Balaban J connectivity index is 1.33. The van der Waals surface area contributed by atoms with Crippen LogP contribution in [0, 0.1) is 5.92 Å². The molecule has 0 saturated carbocycles. The largest absolute Gasteiger partial charge is 0.467 e. The average Bonchev–Trinajstić information content (AvgIpc) is 3.44. The smallest absolute Gasteiger partial charge is 0.407 e. The van der Waals surface area contributed by atoms with Gasteiger partial charge < -0.3 is 30.3 Å². The molecule has 1 unspecified atom stereocenters. The minimum absolute atomic E-state index is 0.0255. The Kier molecular flexibility index (Phi) is 12.8. The van der Waals surface area contributed by atoms with Crippen molar-refractivity contribution in [1.29, 1.82) is 0 Å². The monoisotopic (exact) mass is 718 g/mol. The first-order valence-corrected chi connectivity index (χ1v) is 19.0. The Bertz CT molecular complexity index is 1640. The van der Waals surface area contributed by atoms with Crippen molar-refractivity contribution in [2.75, 3.05) is 31.8 Å². The van der Waals surface area contributed by atoms with E-state index in [0.717, 1.165) is 27.8 Å². The van der Waals surface area contributed by atoms with Gasteiger partial charge in [-0.1, -0.05) is 114 Å². The number of nitrogens with zero attached hydrogens (tertiary/aromatic N) is 1. The van der Waals surface area contributed by atoms with Gasteiger partial charge in [-0.15, -0.1) is 0 Å². The highest BCUT2D eigenvalue weighted by atomic mass is 33.1. The molecule has 3 aromatic carbocycles. The highest BCUT2D eigenvalue weighted by molar-refractivity contribution is 8.76. The number of hydrogen-bond donors (Lipinski definition) is 3. The lowest BCUT2D eigenvalue weighted by atomic mass is 9.98. The van der Waals surface area contributed by atoms with Crippen molar-refractivity contribution >= 4 is 51.4 Å². The summed E-state index contributed by atoms with van der Waals surface area (Å²) in [5.41, 5.74) is 5.11. The van der Waals surface area contributed by atoms with E-state index in [1.165, 1.54) is 33.6 Å². The van der Waals surface area contributed by atoms with Gasteiger partial charge in [-0.05, 0) is 40.2 Å². The van der Waals surface area contributed by atoms with E-state index in [0.29, 0.717) is 6.42 Å². The molecule has 0 spiro atoms. The Morgan fingerprint density at radius 1 is 0.880 bits per heavy atom. The van der Waals surface area contributed by atoms with E-state index in [1.807, 2.05) is 92.7 Å². The Morgan fingerprint density at radius 3 is 2.14 bits per heavy atom. The molecule has 13 heteroatoms. The van der Waals surface area contributed by atoms with Gasteiger partial charge in [0.15, 0.2) is 0 Å². The number of methoxy groups -OCH3 is 1. The van der Waals surface area contributed by atoms with E-state index >= 15 is 0 Å². The Hall–Kier alpha value is -4.49. The molecule has 2 aliphatic rings. The van der Waals surface area contributed by atoms with Gasteiger partial charge in [-0.25, -0.2) is 9.59 Å². The van der Waals surface area contributed by atoms with Crippen LogP contribution in [0.2, 0.25) is 0 Å². The second kappa shape index (κ2) is 17.4. The Labute approximate surface area is 300 Å². The average molecular weight is 719 g/mol. The minimum Gasteiger partial charge on any atom is -0.467 e. The molecule has 1 aliphatic heterocycles. The number of fused-ring (bicyclic) bond motifs is 3. The summed E-state index contributed by atoms with van der Waals surface area (Å²) in [6.45, 7) is 3.65. The van der Waals surface area contributed by atoms with E-state index < -0.39 is 54.5 Å². The lowest BCUT2D eigenvalue weighted by Gasteiger charge is -2.33. The van der Waals surface area contributed by atoms with Crippen molar-refractivity contribution in [3.05, 3.63) is 95.6 Å². The fraction of sp³-hybridized carbons (Fsp3) is 0.378. The maximum absolute atomic E-state index is 13.8. The molecule has 3 atom stereocenters. The summed E-state index contributed by atoms with van der Waals surface area (Å²) in [6, 6.07) is 22.2. The van der Waals surface area contributed by atoms with Gasteiger partial charge in [0.25, 0.3) is 0 Å². The summed E-state index contributed by atoms with van der Waals surface area (Å²) in [6.07, 6.45) is -0.451. The summed E-state index contributed by atoms with van der Waals surface area (Å²) >= 11 is 0. The van der Waals surface area contributed by atoms with Crippen molar-refractivity contribution in [2.45, 2.75) is 50.9 Å². The fourth-order valence-electron chi connectivity index (χ4n) is 6.14. The molecule has 0 aromatic heterocycles. The highest BCUT2D eigenvalue weighted by Crippen LogP contribution is 2.44. The molecule has 1 heterocycles. The van der Waals surface area contributed by atoms with Crippen LogP contribution in [0.15, 0.2) is 78.9 Å². The zero-order chi connectivity index (χ0) is 35.6. The van der Waals surface area contributed by atoms with Gasteiger partial charge in [-0.2, -0.15) is 0 Å². The quantitative estimate of drug-likeness (QED) is 0.227. The zero-order valence-electron chi connectivity index (χ0n) is 28.3. The van der Waals surface area contributed by atoms with Crippen molar-refractivity contribution < 1.29 is 33.4 Å². The van der Waals surface area contributed by atoms with Gasteiger partial charge in [0.05, 0.1) is 13.7 Å². The van der Waals surface area contributed by atoms with Crippen LogP contribution in [0.25, 0.3) is 11.1 Å². The summed E-state index contributed by atoms with van der Waals surface area (Å²) in [7, 11) is 3.73. The molecule has 1 fully saturated rings. The van der Waals surface area contributed by atoms with Gasteiger partial charge in [0.2, 0.25) is 17.7 Å². The molecule has 264 valence electrons. The van der Waals surface area contributed by atoms with Crippen molar-refractivity contribution in [2.24, 2.45) is 5.92 Å². The zero-order valence-corrected chi connectivity index (χ0v) is 29.9. The molecule has 0 bridgehead atoms. The molecule has 50 heavy (non-hydrogen) atoms. The first-order valence-electron chi connectivity index (χ1n) is 16.5. The summed E-state index contributed by atoms with van der Waals surface area (Å²) in [5, 5.41) is 8.16. The first-order chi connectivity index (χ1) is 24.2. The molecule has 4 amide bonds. The summed E-state index contributed by atoms with van der Waals surface area (Å²) in [4.78, 5) is 68.5. The number of esters is 1. The van der Waals surface area contributed by atoms with E-state index in [2.05, 4.69) is 16.0 Å². The molecule has 1 saturated heterocycles. The van der Waals surface area contributed by atoms with Gasteiger partial charge in [-0.3, -0.25) is 14.4 Å². The molecule has 5 rings (SSSR count). The van der Waals surface area contributed by atoms with Crippen LogP contribution >= 0.6 is 21.6 Å². The molecular weight excluding hydrogens is 677 g/mol. The lowest BCUT2D eigenvalue weighted by Crippen LogP contribution is -2.56. The summed E-state index contributed by atoms with van der Waals surface area (Å²) in [5.74, 6) is -2.09. The molecule has 1 aliphatic carbocycles. The lowest BCUT2D eigenvalue weighted by molar-refractivity contribution is -0.147. The highest BCUT2D eigenvalue weighted by Gasteiger charge is 2.35. The molecule has 3 N–H and O–H groups in total. The van der Waals surface area contributed by atoms with Crippen molar-refractivity contribution in [1.82, 2.24) is 20.9 Å². The molecular formula is C37H42N4O7S2. The first kappa shape index (κ1) is 36.8. The number of alkyl carbamates (subject to hydrolysis) is 1. The molecule has 0 radical (unpaired) electrons. The molecule has 3 aromatic rings. The van der Waals surface area contributed by atoms with Crippen LogP contribution in [0.4, 0.5) is 4.79 Å². The van der Waals surface area contributed by atoms with E-state index in [-0.39, 0.29) is 36.5 Å². The van der Waals surface area contributed by atoms with Crippen LogP contribution in [-0.4, -0.2) is 84.6 Å². The third-order valence-electron chi connectivity index (χ3n) is 8.61. The maximum atomic E-state index is 13.8. The van der Waals surface area contributed by atoms with Crippen molar-refractivity contribution in [3.63, 3.8) is 0 Å². The Morgan fingerprint density at radius 2 is 1.50 bits per heavy atom. The second-order valence-electron chi connectivity index (χ2n) is 12.5. The fourth-order valence-corrected chi connectivity index (χ4v) is 8.45. The predicted octanol–water partition coefficient (Wildman–Crippen LogP) is 4.51. The van der Waals surface area contributed by atoms with E-state index in [9.17, 15) is 24.0 Å². The van der Waals surface area contributed by atoms with E-state index in [1.54, 1.807) is 0 Å². The number of benzene rings is 3. The minimum atomic E-state index is -1.06.